The number of benzene rings is 2. The summed E-state index contributed by atoms with van der Waals surface area (Å²) < 4.78 is 5.65. The van der Waals surface area contributed by atoms with E-state index in [4.69, 9.17) is 4.74 Å². The molecule has 0 aliphatic carbocycles. The van der Waals surface area contributed by atoms with Crippen molar-refractivity contribution in [2.24, 2.45) is 5.92 Å². The van der Waals surface area contributed by atoms with Gasteiger partial charge < -0.3 is 10.1 Å². The summed E-state index contributed by atoms with van der Waals surface area (Å²) >= 11 is 0. The van der Waals surface area contributed by atoms with Gasteiger partial charge in [-0.15, -0.1) is 0 Å². The second-order valence-corrected chi connectivity index (χ2v) is 7.74. The number of hydrogen-bond acceptors (Lipinski definition) is 4. The Morgan fingerprint density at radius 3 is 2.79 bits per heavy atom. The van der Waals surface area contributed by atoms with Gasteiger partial charge in [0.25, 0.3) is 5.91 Å². The van der Waals surface area contributed by atoms with Crippen molar-refractivity contribution in [3.8, 4) is 5.75 Å². The molecular weight excluding hydrogens is 368 g/mol. The van der Waals surface area contributed by atoms with Crippen LogP contribution in [-0.2, 0) is 16.0 Å². The van der Waals surface area contributed by atoms with E-state index in [1.807, 2.05) is 19.1 Å². The fraction of sp³-hybridized carbons (Fsp3) is 0.348. The fourth-order valence-electron chi connectivity index (χ4n) is 3.85. The van der Waals surface area contributed by atoms with Crippen LogP contribution >= 0.6 is 0 Å². The van der Waals surface area contributed by atoms with Gasteiger partial charge in [0.05, 0.1) is 18.3 Å². The Morgan fingerprint density at radius 2 is 2.03 bits per heavy atom. The van der Waals surface area contributed by atoms with Crippen molar-refractivity contribution >= 4 is 23.4 Å². The van der Waals surface area contributed by atoms with Crippen molar-refractivity contribution in [2.75, 3.05) is 11.5 Å². The molecule has 6 heteroatoms. The molecule has 0 spiro atoms. The smallest absolute Gasteiger partial charge is 0.251 e. The molecule has 150 valence electrons. The molecular formula is C23H24N2O4. The maximum Gasteiger partial charge on any atom is 0.251 e. The van der Waals surface area contributed by atoms with E-state index in [-0.39, 0.29) is 36.1 Å². The third-order valence-electron chi connectivity index (χ3n) is 5.52. The van der Waals surface area contributed by atoms with E-state index in [0.717, 1.165) is 36.3 Å². The molecule has 1 saturated heterocycles. The third kappa shape index (κ3) is 3.75. The minimum Gasteiger partial charge on any atom is -0.493 e. The number of amides is 3. The zero-order valence-corrected chi connectivity index (χ0v) is 16.6. The Balaban J connectivity index is 1.50. The van der Waals surface area contributed by atoms with E-state index in [9.17, 15) is 14.4 Å². The molecule has 6 nitrogen and oxygen atoms in total. The first-order chi connectivity index (χ1) is 13.9. The molecule has 0 radical (unpaired) electrons. The fourth-order valence-corrected chi connectivity index (χ4v) is 3.85. The average molecular weight is 392 g/mol. The number of ether oxygens (including phenoxy) is 1. The van der Waals surface area contributed by atoms with Gasteiger partial charge in [0.1, 0.15) is 5.75 Å². The zero-order chi connectivity index (χ0) is 20.5. The van der Waals surface area contributed by atoms with Gasteiger partial charge in [0, 0.05) is 17.9 Å². The summed E-state index contributed by atoms with van der Waals surface area (Å²) in [5.41, 5.74) is 3.03. The summed E-state index contributed by atoms with van der Waals surface area (Å²) in [5, 5.41) is 3.00. The van der Waals surface area contributed by atoms with Crippen LogP contribution in [-0.4, -0.2) is 24.3 Å². The summed E-state index contributed by atoms with van der Waals surface area (Å²) in [6, 6.07) is 12.5. The minimum absolute atomic E-state index is 0.187. The lowest BCUT2D eigenvalue weighted by atomic mass is 10.00. The molecule has 1 N–H and O–H groups in total. The summed E-state index contributed by atoms with van der Waals surface area (Å²) in [6.07, 6.45) is 2.17. The molecule has 2 aliphatic rings. The predicted octanol–water partition coefficient (Wildman–Crippen LogP) is 3.40. The maximum absolute atomic E-state index is 12.8. The van der Waals surface area contributed by atoms with Crippen LogP contribution in [0.2, 0.25) is 0 Å². The zero-order valence-electron chi connectivity index (χ0n) is 16.6. The summed E-state index contributed by atoms with van der Waals surface area (Å²) in [7, 11) is 0. The Kier molecular flexibility index (Phi) is 5.09. The quantitative estimate of drug-likeness (QED) is 0.809. The Morgan fingerprint density at radius 1 is 1.21 bits per heavy atom. The van der Waals surface area contributed by atoms with Crippen LogP contribution in [0, 0.1) is 5.92 Å². The van der Waals surface area contributed by atoms with Crippen molar-refractivity contribution in [3.63, 3.8) is 0 Å². The first-order valence-electron chi connectivity index (χ1n) is 9.97. The molecule has 0 bridgehead atoms. The van der Waals surface area contributed by atoms with Crippen molar-refractivity contribution in [1.82, 2.24) is 5.32 Å². The molecule has 2 heterocycles. The van der Waals surface area contributed by atoms with Crippen LogP contribution < -0.4 is 15.0 Å². The van der Waals surface area contributed by atoms with Crippen LogP contribution in [0.15, 0.2) is 42.5 Å². The number of nitrogens with zero attached hydrogens (tertiary/aromatic N) is 1. The first-order valence-corrected chi connectivity index (χ1v) is 9.97. The van der Waals surface area contributed by atoms with Gasteiger partial charge in [0.15, 0.2) is 0 Å². The molecule has 0 saturated carbocycles. The summed E-state index contributed by atoms with van der Waals surface area (Å²) in [5.74, 6) is -0.115. The Labute approximate surface area is 169 Å². The Hall–Kier alpha value is -3.15. The largest absolute Gasteiger partial charge is 0.493 e. The second-order valence-electron chi connectivity index (χ2n) is 7.74. The van der Waals surface area contributed by atoms with E-state index < -0.39 is 0 Å². The lowest BCUT2D eigenvalue weighted by Gasteiger charge is -2.21. The van der Waals surface area contributed by atoms with Gasteiger partial charge in [-0.2, -0.15) is 0 Å². The van der Waals surface area contributed by atoms with Crippen LogP contribution in [0.4, 0.5) is 5.69 Å². The molecule has 3 amide bonds. The number of rotatable bonds is 4. The monoisotopic (exact) mass is 392 g/mol. The van der Waals surface area contributed by atoms with E-state index in [2.05, 4.69) is 11.4 Å². The molecule has 2 atom stereocenters. The number of carbonyl (C=O) groups excluding carboxylic acids is 3. The Bertz CT molecular complexity index is 985. The number of carbonyl (C=O) groups is 3. The van der Waals surface area contributed by atoms with E-state index >= 15 is 0 Å². The van der Waals surface area contributed by atoms with Crippen molar-refractivity contribution in [2.45, 2.75) is 39.2 Å². The molecule has 4 rings (SSSR count). The molecule has 2 aromatic rings. The highest BCUT2D eigenvalue weighted by Crippen LogP contribution is 2.29. The van der Waals surface area contributed by atoms with Crippen LogP contribution in [0.5, 0.6) is 5.75 Å². The van der Waals surface area contributed by atoms with Crippen LogP contribution in [0.3, 0.4) is 0 Å². The van der Waals surface area contributed by atoms with Crippen molar-refractivity contribution < 1.29 is 19.1 Å². The molecule has 2 aromatic carbocycles. The highest BCUT2D eigenvalue weighted by Gasteiger charge is 2.36. The second kappa shape index (κ2) is 7.70. The van der Waals surface area contributed by atoms with E-state index in [1.165, 1.54) is 4.90 Å². The number of imide groups is 1. The molecule has 1 fully saturated rings. The molecule has 0 unspecified atom stereocenters. The van der Waals surface area contributed by atoms with Gasteiger partial charge in [-0.25, -0.2) is 0 Å². The van der Waals surface area contributed by atoms with Gasteiger partial charge in [0.2, 0.25) is 11.8 Å². The van der Waals surface area contributed by atoms with Crippen LogP contribution in [0.1, 0.15) is 54.2 Å². The summed E-state index contributed by atoms with van der Waals surface area (Å²) in [6.45, 7) is 4.42. The first kappa shape index (κ1) is 19.2. The average Bonchev–Trinajstić information content (AvgIpc) is 2.99. The number of aryl methyl sites for hydroxylation is 1. The van der Waals surface area contributed by atoms with Gasteiger partial charge in [-0.1, -0.05) is 25.1 Å². The molecule has 2 aliphatic heterocycles. The number of fused-ring (bicyclic) bond motifs is 1. The van der Waals surface area contributed by atoms with Gasteiger partial charge in [-0.3, -0.25) is 19.3 Å². The standard InChI is InChI=1S/C23H24N2O4/c1-14-11-21(26)25(23(14)28)19-7-3-5-18(13-19)22(27)24-15(2)16-8-9-20-17(12-16)6-4-10-29-20/h3,5,7-9,12-15H,4,6,10-11H2,1-2H3,(H,24,27)/t14-,15+/m1/s1. The lowest BCUT2D eigenvalue weighted by Crippen LogP contribution is -2.31. The normalized spacial score (nSPS) is 19.5. The van der Waals surface area contributed by atoms with Crippen molar-refractivity contribution in [1.29, 1.82) is 0 Å². The molecule has 29 heavy (non-hydrogen) atoms. The third-order valence-corrected chi connectivity index (χ3v) is 5.52. The predicted molar refractivity (Wildman–Crippen MR) is 109 cm³/mol. The van der Waals surface area contributed by atoms with Gasteiger partial charge in [-0.05, 0) is 55.2 Å². The highest BCUT2D eigenvalue weighted by molar-refractivity contribution is 6.21. The van der Waals surface area contributed by atoms with E-state index in [0.29, 0.717) is 11.3 Å². The summed E-state index contributed by atoms with van der Waals surface area (Å²) in [4.78, 5) is 38.4. The van der Waals surface area contributed by atoms with Crippen LogP contribution in [0.25, 0.3) is 0 Å². The number of hydrogen-bond donors (Lipinski definition) is 1. The topological polar surface area (TPSA) is 75.7 Å². The van der Waals surface area contributed by atoms with Crippen molar-refractivity contribution in [3.05, 3.63) is 59.2 Å². The van der Waals surface area contributed by atoms with E-state index in [1.54, 1.807) is 31.2 Å². The highest BCUT2D eigenvalue weighted by atomic mass is 16.5. The van der Waals surface area contributed by atoms with Gasteiger partial charge >= 0.3 is 0 Å². The lowest BCUT2D eigenvalue weighted by molar-refractivity contribution is -0.122. The maximum atomic E-state index is 12.8. The number of nitrogens with one attached hydrogen (secondary N) is 1. The molecule has 0 aromatic heterocycles. The SMILES string of the molecule is C[C@@H]1CC(=O)N(c2cccc(C(=O)N[C@@H](C)c3ccc4c(c3)CCCO4)c2)C1=O. The minimum atomic E-state index is -0.326. The number of anilines is 1.